The molecule has 6 heteroatoms. The molecule has 1 amide bonds. The molecular formula is C20H19FN4O. The molecule has 0 aliphatic heterocycles. The first-order valence-electron chi connectivity index (χ1n) is 8.33. The van der Waals surface area contributed by atoms with Gasteiger partial charge in [0.05, 0.1) is 5.56 Å². The number of hydrogen-bond donors (Lipinski definition) is 2. The highest BCUT2D eigenvalue weighted by molar-refractivity contribution is 5.93. The van der Waals surface area contributed by atoms with Gasteiger partial charge in [0.1, 0.15) is 5.82 Å². The first-order chi connectivity index (χ1) is 12.7. The van der Waals surface area contributed by atoms with Gasteiger partial charge in [-0.1, -0.05) is 42.5 Å². The van der Waals surface area contributed by atoms with E-state index >= 15 is 0 Å². The first-order valence-corrected chi connectivity index (χ1v) is 8.33. The van der Waals surface area contributed by atoms with Crippen molar-refractivity contribution in [1.82, 2.24) is 15.3 Å². The number of aromatic nitrogens is 2. The van der Waals surface area contributed by atoms with Gasteiger partial charge in [0.2, 0.25) is 5.95 Å². The summed E-state index contributed by atoms with van der Waals surface area (Å²) in [6.45, 7) is 1.02. The van der Waals surface area contributed by atoms with Crippen LogP contribution in [0.2, 0.25) is 0 Å². The van der Waals surface area contributed by atoms with Crippen LogP contribution in [-0.4, -0.2) is 22.4 Å². The zero-order valence-electron chi connectivity index (χ0n) is 14.2. The van der Waals surface area contributed by atoms with Crippen LogP contribution >= 0.6 is 0 Å². The Morgan fingerprint density at radius 3 is 2.31 bits per heavy atom. The molecule has 1 aromatic heterocycles. The molecule has 0 spiro atoms. The number of amides is 1. The molecule has 1 heterocycles. The van der Waals surface area contributed by atoms with Gasteiger partial charge in [-0.3, -0.25) is 4.79 Å². The molecule has 2 N–H and O–H groups in total. The minimum absolute atomic E-state index is 0.273. The van der Waals surface area contributed by atoms with Crippen molar-refractivity contribution >= 4 is 11.9 Å². The molecule has 0 bridgehead atoms. The van der Waals surface area contributed by atoms with Gasteiger partial charge in [-0.05, 0) is 29.7 Å². The summed E-state index contributed by atoms with van der Waals surface area (Å²) in [5, 5.41) is 5.89. The molecule has 132 valence electrons. The summed E-state index contributed by atoms with van der Waals surface area (Å²) in [7, 11) is 0. The predicted molar refractivity (Wildman–Crippen MR) is 98.2 cm³/mol. The second kappa shape index (κ2) is 8.71. The lowest BCUT2D eigenvalue weighted by atomic mass is 10.1. The maximum atomic E-state index is 12.9. The van der Waals surface area contributed by atoms with Crippen molar-refractivity contribution in [3.8, 4) is 0 Å². The topological polar surface area (TPSA) is 66.9 Å². The quantitative estimate of drug-likeness (QED) is 0.687. The average molecular weight is 350 g/mol. The lowest BCUT2D eigenvalue weighted by molar-refractivity contribution is 0.0950. The van der Waals surface area contributed by atoms with Crippen molar-refractivity contribution in [1.29, 1.82) is 0 Å². The number of nitrogens with zero attached hydrogens (tertiary/aromatic N) is 2. The molecule has 0 aliphatic carbocycles. The van der Waals surface area contributed by atoms with Crippen molar-refractivity contribution in [3.63, 3.8) is 0 Å². The van der Waals surface area contributed by atoms with Gasteiger partial charge in [-0.15, -0.1) is 0 Å². The van der Waals surface area contributed by atoms with Gasteiger partial charge in [0.25, 0.3) is 5.91 Å². The number of carbonyl (C=O) groups is 1. The number of carbonyl (C=O) groups excluding carboxylic acids is 1. The van der Waals surface area contributed by atoms with E-state index in [0.717, 1.165) is 12.0 Å². The van der Waals surface area contributed by atoms with Gasteiger partial charge in [-0.25, -0.2) is 14.4 Å². The number of hydrogen-bond acceptors (Lipinski definition) is 4. The Labute approximate surface area is 151 Å². The molecule has 0 radical (unpaired) electrons. The largest absolute Gasteiger partial charge is 0.354 e. The van der Waals surface area contributed by atoms with E-state index in [4.69, 9.17) is 0 Å². The predicted octanol–water partition coefficient (Wildman–Crippen LogP) is 3.20. The van der Waals surface area contributed by atoms with Crippen molar-refractivity contribution in [2.45, 2.75) is 13.0 Å². The third-order valence-corrected chi connectivity index (χ3v) is 3.82. The van der Waals surface area contributed by atoms with Gasteiger partial charge in [0, 0.05) is 25.5 Å². The molecule has 3 aromatic rings. The van der Waals surface area contributed by atoms with E-state index in [0.29, 0.717) is 24.6 Å². The molecule has 0 saturated carbocycles. The van der Waals surface area contributed by atoms with Crippen molar-refractivity contribution in [3.05, 3.63) is 89.5 Å². The highest BCUT2D eigenvalue weighted by Crippen LogP contribution is 2.05. The third-order valence-electron chi connectivity index (χ3n) is 3.82. The van der Waals surface area contributed by atoms with Crippen molar-refractivity contribution in [2.75, 3.05) is 11.9 Å². The summed E-state index contributed by atoms with van der Waals surface area (Å²) < 4.78 is 12.9. The van der Waals surface area contributed by atoms with E-state index < -0.39 is 0 Å². The minimum Gasteiger partial charge on any atom is -0.354 e. The summed E-state index contributed by atoms with van der Waals surface area (Å²) in [5.41, 5.74) is 2.43. The van der Waals surface area contributed by atoms with Gasteiger partial charge >= 0.3 is 0 Å². The van der Waals surface area contributed by atoms with E-state index in [-0.39, 0.29) is 11.7 Å². The van der Waals surface area contributed by atoms with Crippen LogP contribution in [-0.2, 0) is 13.0 Å². The number of anilines is 1. The second-order valence-electron chi connectivity index (χ2n) is 5.77. The summed E-state index contributed by atoms with van der Waals surface area (Å²) in [6.07, 6.45) is 3.83. The van der Waals surface area contributed by atoms with Gasteiger partial charge in [0.15, 0.2) is 0 Å². The van der Waals surface area contributed by atoms with E-state index in [1.165, 1.54) is 30.1 Å². The van der Waals surface area contributed by atoms with Crippen LogP contribution in [0.3, 0.4) is 0 Å². The number of nitrogens with one attached hydrogen (secondary N) is 2. The SMILES string of the molecule is O=C(NCc1ccc(F)cc1)c1cnc(NCCc2ccccc2)nc1. The monoisotopic (exact) mass is 350 g/mol. The molecule has 3 rings (SSSR count). The molecule has 0 aliphatic rings. The summed E-state index contributed by atoms with van der Waals surface area (Å²) in [4.78, 5) is 20.4. The fraction of sp³-hybridized carbons (Fsp3) is 0.150. The molecule has 5 nitrogen and oxygen atoms in total. The van der Waals surface area contributed by atoms with Crippen LogP contribution in [0.25, 0.3) is 0 Å². The molecule has 2 aromatic carbocycles. The average Bonchev–Trinajstić information content (AvgIpc) is 2.69. The second-order valence-corrected chi connectivity index (χ2v) is 5.77. The minimum atomic E-state index is -0.302. The Balaban J connectivity index is 1.47. The fourth-order valence-corrected chi connectivity index (χ4v) is 2.39. The van der Waals surface area contributed by atoms with Gasteiger partial charge < -0.3 is 10.6 Å². The highest BCUT2D eigenvalue weighted by atomic mass is 19.1. The maximum Gasteiger partial charge on any atom is 0.254 e. The summed E-state index contributed by atoms with van der Waals surface area (Å²) >= 11 is 0. The van der Waals surface area contributed by atoms with Crippen molar-refractivity contribution in [2.24, 2.45) is 0 Å². The normalized spacial score (nSPS) is 10.3. The molecular weight excluding hydrogens is 331 g/mol. The highest BCUT2D eigenvalue weighted by Gasteiger charge is 2.07. The third kappa shape index (κ3) is 5.11. The van der Waals surface area contributed by atoms with Crippen LogP contribution < -0.4 is 10.6 Å². The fourth-order valence-electron chi connectivity index (χ4n) is 2.39. The lowest BCUT2D eigenvalue weighted by Crippen LogP contribution is -2.23. The first kappa shape index (κ1) is 17.5. The van der Waals surface area contributed by atoms with Crippen LogP contribution in [0.15, 0.2) is 67.0 Å². The summed E-state index contributed by atoms with van der Waals surface area (Å²) in [6, 6.07) is 16.1. The van der Waals surface area contributed by atoms with Crippen molar-refractivity contribution < 1.29 is 9.18 Å². The standard InChI is InChI=1S/C20H19FN4O/c21-18-8-6-16(7-9-18)12-23-19(26)17-13-24-20(25-14-17)22-11-10-15-4-2-1-3-5-15/h1-9,13-14H,10-12H2,(H,23,26)(H,22,24,25). The molecule has 0 atom stereocenters. The number of benzene rings is 2. The van der Waals surface area contributed by atoms with E-state index in [2.05, 4.69) is 32.7 Å². The van der Waals surface area contributed by atoms with Crippen LogP contribution in [0.5, 0.6) is 0 Å². The molecule has 0 unspecified atom stereocenters. The van der Waals surface area contributed by atoms with E-state index in [1.807, 2.05) is 18.2 Å². The van der Waals surface area contributed by atoms with E-state index in [9.17, 15) is 9.18 Å². The summed E-state index contributed by atoms with van der Waals surface area (Å²) in [5.74, 6) is -0.0926. The van der Waals surface area contributed by atoms with Crippen LogP contribution in [0.1, 0.15) is 21.5 Å². The Kier molecular flexibility index (Phi) is 5.88. The molecule has 26 heavy (non-hydrogen) atoms. The maximum absolute atomic E-state index is 12.9. The molecule has 0 saturated heterocycles. The number of rotatable bonds is 7. The molecule has 0 fully saturated rings. The van der Waals surface area contributed by atoms with Crippen LogP contribution in [0.4, 0.5) is 10.3 Å². The number of halogens is 1. The Hall–Kier alpha value is -3.28. The Morgan fingerprint density at radius 2 is 1.62 bits per heavy atom. The van der Waals surface area contributed by atoms with E-state index in [1.54, 1.807) is 12.1 Å². The zero-order chi connectivity index (χ0) is 18.2. The van der Waals surface area contributed by atoms with Gasteiger partial charge in [-0.2, -0.15) is 0 Å². The lowest BCUT2D eigenvalue weighted by Gasteiger charge is -2.07. The van der Waals surface area contributed by atoms with Crippen LogP contribution in [0, 0.1) is 5.82 Å². The Bertz CT molecular complexity index is 836. The smallest absolute Gasteiger partial charge is 0.254 e. The Morgan fingerprint density at radius 1 is 0.923 bits per heavy atom. The zero-order valence-corrected chi connectivity index (χ0v) is 14.2.